The average molecular weight is 465 g/mol. The maximum absolute atomic E-state index is 13.0. The number of benzene rings is 2. The van der Waals surface area contributed by atoms with Gasteiger partial charge in [0.2, 0.25) is 5.91 Å². The van der Waals surface area contributed by atoms with Gasteiger partial charge < -0.3 is 9.80 Å². The fourth-order valence-electron chi connectivity index (χ4n) is 4.06. The Morgan fingerprint density at radius 3 is 2.50 bits per heavy atom. The standard InChI is InChI=1S/C24H24N4O2S2/c29-23-17-31-21-9-5-4-8-20(21)28(23)15-22-25-19(16-32-22)24(30)27-12-10-26(11-13-27)14-18-6-2-1-3-7-18/h1-9,16H,10-15,17H2. The molecule has 0 atom stereocenters. The normalized spacial score (nSPS) is 16.8. The van der Waals surface area contributed by atoms with Gasteiger partial charge in [-0.2, -0.15) is 0 Å². The molecule has 8 heteroatoms. The lowest BCUT2D eigenvalue weighted by Crippen LogP contribution is -2.48. The van der Waals surface area contributed by atoms with Crippen molar-refractivity contribution >= 4 is 40.6 Å². The number of thioether (sulfide) groups is 1. The molecule has 1 aromatic heterocycles. The minimum absolute atomic E-state index is 0.0206. The number of piperazine rings is 1. The molecule has 0 spiro atoms. The first-order chi connectivity index (χ1) is 15.7. The summed E-state index contributed by atoms with van der Waals surface area (Å²) >= 11 is 3.01. The first kappa shape index (κ1) is 21.2. The van der Waals surface area contributed by atoms with E-state index in [1.807, 2.05) is 40.6 Å². The fourth-order valence-corrected chi connectivity index (χ4v) is 5.75. The second-order valence-electron chi connectivity index (χ2n) is 7.92. The molecule has 164 valence electrons. The number of aromatic nitrogens is 1. The number of nitrogens with zero attached hydrogens (tertiary/aromatic N) is 4. The Morgan fingerprint density at radius 2 is 1.69 bits per heavy atom. The van der Waals surface area contributed by atoms with Crippen LogP contribution < -0.4 is 4.90 Å². The Balaban J connectivity index is 1.20. The highest BCUT2D eigenvalue weighted by atomic mass is 32.2. The molecule has 1 fully saturated rings. The molecular formula is C24H24N4O2S2. The van der Waals surface area contributed by atoms with Crippen molar-refractivity contribution in [2.75, 3.05) is 36.8 Å². The van der Waals surface area contributed by atoms with Crippen LogP contribution in [0.5, 0.6) is 0 Å². The molecule has 3 aromatic rings. The van der Waals surface area contributed by atoms with Crippen molar-refractivity contribution in [2.45, 2.75) is 18.0 Å². The van der Waals surface area contributed by atoms with E-state index in [1.165, 1.54) is 16.9 Å². The van der Waals surface area contributed by atoms with Crippen LogP contribution in [0.15, 0.2) is 64.9 Å². The summed E-state index contributed by atoms with van der Waals surface area (Å²) in [5, 5.41) is 2.61. The molecule has 0 radical (unpaired) electrons. The summed E-state index contributed by atoms with van der Waals surface area (Å²) in [4.78, 5) is 37.2. The summed E-state index contributed by atoms with van der Waals surface area (Å²) in [5.41, 5.74) is 2.70. The van der Waals surface area contributed by atoms with E-state index in [0.717, 1.165) is 35.2 Å². The third-order valence-electron chi connectivity index (χ3n) is 5.78. The van der Waals surface area contributed by atoms with Gasteiger partial charge in [0, 0.05) is 43.0 Å². The fraction of sp³-hybridized carbons (Fsp3) is 0.292. The van der Waals surface area contributed by atoms with Crippen LogP contribution in [0.4, 0.5) is 5.69 Å². The molecule has 0 aliphatic carbocycles. The van der Waals surface area contributed by atoms with E-state index in [1.54, 1.807) is 16.7 Å². The number of carbonyl (C=O) groups is 2. The van der Waals surface area contributed by atoms with E-state index in [0.29, 0.717) is 31.1 Å². The maximum atomic E-state index is 13.0. The summed E-state index contributed by atoms with van der Waals surface area (Å²) in [6.45, 7) is 4.43. The first-order valence-corrected chi connectivity index (χ1v) is 12.6. The number of fused-ring (bicyclic) bond motifs is 1. The highest BCUT2D eigenvalue weighted by Crippen LogP contribution is 2.36. The maximum Gasteiger partial charge on any atom is 0.273 e. The van der Waals surface area contributed by atoms with Crippen molar-refractivity contribution in [3.05, 3.63) is 76.2 Å². The monoisotopic (exact) mass is 464 g/mol. The van der Waals surface area contributed by atoms with E-state index in [4.69, 9.17) is 0 Å². The van der Waals surface area contributed by atoms with E-state index in [-0.39, 0.29) is 11.8 Å². The van der Waals surface area contributed by atoms with Crippen molar-refractivity contribution in [1.29, 1.82) is 0 Å². The number of rotatable bonds is 5. The largest absolute Gasteiger partial charge is 0.335 e. The molecule has 0 saturated carbocycles. The van der Waals surface area contributed by atoms with Gasteiger partial charge in [0.15, 0.2) is 0 Å². The minimum Gasteiger partial charge on any atom is -0.335 e. The third-order valence-corrected chi connectivity index (χ3v) is 7.66. The lowest BCUT2D eigenvalue weighted by atomic mass is 10.2. The van der Waals surface area contributed by atoms with Gasteiger partial charge in [0.1, 0.15) is 10.7 Å². The highest BCUT2D eigenvalue weighted by Gasteiger charge is 2.27. The van der Waals surface area contributed by atoms with Gasteiger partial charge in [-0.1, -0.05) is 42.5 Å². The summed E-state index contributed by atoms with van der Waals surface area (Å²) in [5.74, 6) is 0.487. The van der Waals surface area contributed by atoms with Gasteiger partial charge in [-0.05, 0) is 17.7 Å². The SMILES string of the molecule is O=C(c1csc(CN2C(=O)CSc3ccccc32)n1)N1CCN(Cc2ccccc2)CC1. The van der Waals surface area contributed by atoms with Gasteiger partial charge >= 0.3 is 0 Å². The van der Waals surface area contributed by atoms with E-state index in [9.17, 15) is 9.59 Å². The van der Waals surface area contributed by atoms with Crippen LogP contribution in [-0.2, 0) is 17.9 Å². The third kappa shape index (κ3) is 4.57. The van der Waals surface area contributed by atoms with Gasteiger partial charge in [-0.3, -0.25) is 14.5 Å². The number of carbonyl (C=O) groups excluding carboxylic acids is 2. The van der Waals surface area contributed by atoms with Crippen LogP contribution in [0.1, 0.15) is 21.1 Å². The molecule has 2 amide bonds. The minimum atomic E-state index is -0.0206. The van der Waals surface area contributed by atoms with Crippen LogP contribution in [0.3, 0.4) is 0 Å². The average Bonchev–Trinajstić information content (AvgIpc) is 3.30. The zero-order valence-electron chi connectivity index (χ0n) is 17.6. The molecule has 2 aromatic carbocycles. The predicted octanol–water partition coefficient (Wildman–Crippen LogP) is 3.74. The van der Waals surface area contributed by atoms with Crippen molar-refractivity contribution in [3.63, 3.8) is 0 Å². The molecular weight excluding hydrogens is 440 g/mol. The molecule has 2 aliphatic rings. The molecule has 0 N–H and O–H groups in total. The lowest BCUT2D eigenvalue weighted by Gasteiger charge is -2.34. The number of thiazole rings is 1. The molecule has 32 heavy (non-hydrogen) atoms. The molecule has 0 bridgehead atoms. The van der Waals surface area contributed by atoms with Gasteiger partial charge in [0.05, 0.1) is 18.0 Å². The molecule has 0 unspecified atom stereocenters. The van der Waals surface area contributed by atoms with Crippen LogP contribution in [0.25, 0.3) is 0 Å². The summed E-state index contributed by atoms with van der Waals surface area (Å²) in [6.07, 6.45) is 0. The van der Waals surface area contributed by atoms with Crippen LogP contribution in [0.2, 0.25) is 0 Å². The molecule has 6 nitrogen and oxygen atoms in total. The molecule has 3 heterocycles. The highest BCUT2D eigenvalue weighted by molar-refractivity contribution is 8.00. The Morgan fingerprint density at radius 1 is 0.938 bits per heavy atom. The van der Waals surface area contributed by atoms with Crippen molar-refractivity contribution in [2.24, 2.45) is 0 Å². The summed E-state index contributed by atoms with van der Waals surface area (Å²) < 4.78 is 0. The van der Waals surface area contributed by atoms with E-state index < -0.39 is 0 Å². The number of hydrogen-bond acceptors (Lipinski definition) is 6. The topological polar surface area (TPSA) is 56.8 Å². The molecule has 1 saturated heterocycles. The number of hydrogen-bond donors (Lipinski definition) is 0. The number of para-hydroxylation sites is 1. The van der Waals surface area contributed by atoms with Crippen molar-refractivity contribution in [3.8, 4) is 0 Å². The van der Waals surface area contributed by atoms with E-state index >= 15 is 0 Å². The lowest BCUT2D eigenvalue weighted by molar-refractivity contribution is -0.116. The van der Waals surface area contributed by atoms with Gasteiger partial charge in [-0.15, -0.1) is 23.1 Å². The first-order valence-electron chi connectivity index (χ1n) is 10.7. The summed E-state index contributed by atoms with van der Waals surface area (Å²) in [6, 6.07) is 18.4. The second kappa shape index (κ2) is 9.44. The van der Waals surface area contributed by atoms with E-state index in [2.05, 4.69) is 34.1 Å². The molecule has 5 rings (SSSR count). The zero-order valence-corrected chi connectivity index (χ0v) is 19.3. The van der Waals surface area contributed by atoms with Gasteiger partial charge in [-0.25, -0.2) is 4.98 Å². The molecule has 2 aliphatic heterocycles. The van der Waals surface area contributed by atoms with Crippen LogP contribution in [-0.4, -0.2) is 58.5 Å². The van der Waals surface area contributed by atoms with Crippen LogP contribution in [0, 0.1) is 0 Å². The predicted molar refractivity (Wildman–Crippen MR) is 128 cm³/mol. The van der Waals surface area contributed by atoms with Gasteiger partial charge in [0.25, 0.3) is 5.91 Å². The Labute approximate surface area is 195 Å². The number of anilines is 1. The smallest absolute Gasteiger partial charge is 0.273 e. The Kier molecular flexibility index (Phi) is 6.25. The van der Waals surface area contributed by atoms with Crippen molar-refractivity contribution in [1.82, 2.24) is 14.8 Å². The Bertz CT molecular complexity index is 1110. The zero-order chi connectivity index (χ0) is 21.9. The quantitative estimate of drug-likeness (QED) is 0.576. The van der Waals surface area contributed by atoms with Crippen LogP contribution >= 0.6 is 23.1 Å². The summed E-state index contributed by atoms with van der Waals surface area (Å²) in [7, 11) is 0. The second-order valence-corrected chi connectivity index (χ2v) is 9.88. The number of amides is 2. The Hall–Kier alpha value is -2.68. The van der Waals surface area contributed by atoms with Crippen molar-refractivity contribution < 1.29 is 9.59 Å².